The summed E-state index contributed by atoms with van der Waals surface area (Å²) >= 11 is 0. The molecule has 82 valence electrons. The predicted octanol–water partition coefficient (Wildman–Crippen LogP) is -2.02. The summed E-state index contributed by atoms with van der Waals surface area (Å²) in [6.07, 6.45) is -1.38. The Labute approximate surface area is 82.3 Å². The number of aliphatic hydroxyl groups excluding tert-OH is 2. The van der Waals surface area contributed by atoms with E-state index in [9.17, 15) is 9.59 Å². The van der Waals surface area contributed by atoms with Crippen molar-refractivity contribution in [2.75, 3.05) is 13.1 Å². The summed E-state index contributed by atoms with van der Waals surface area (Å²) in [5.74, 6) is -1.63. The van der Waals surface area contributed by atoms with E-state index in [0.29, 0.717) is 0 Å². The van der Waals surface area contributed by atoms with Crippen LogP contribution in [0.2, 0.25) is 0 Å². The van der Waals surface area contributed by atoms with Gasteiger partial charge >= 0.3 is 11.8 Å². The van der Waals surface area contributed by atoms with Gasteiger partial charge in [0.2, 0.25) is 0 Å². The van der Waals surface area contributed by atoms with Gasteiger partial charge in [0.1, 0.15) is 0 Å². The van der Waals surface area contributed by atoms with Crippen LogP contribution in [0, 0.1) is 0 Å². The number of nitrogens with one attached hydrogen (secondary N) is 2. The molecule has 0 aliphatic rings. The highest BCUT2D eigenvalue weighted by molar-refractivity contribution is 6.35. The minimum absolute atomic E-state index is 0.0287. The maximum atomic E-state index is 10.9. The van der Waals surface area contributed by atoms with Crippen molar-refractivity contribution in [1.29, 1.82) is 0 Å². The van der Waals surface area contributed by atoms with Gasteiger partial charge in [-0.05, 0) is 13.8 Å². The third kappa shape index (κ3) is 6.38. The van der Waals surface area contributed by atoms with Gasteiger partial charge in [-0.3, -0.25) is 9.59 Å². The molecule has 14 heavy (non-hydrogen) atoms. The van der Waals surface area contributed by atoms with E-state index in [4.69, 9.17) is 10.2 Å². The second kappa shape index (κ2) is 6.33. The van der Waals surface area contributed by atoms with Gasteiger partial charge in [0.15, 0.2) is 0 Å². The van der Waals surface area contributed by atoms with Crippen LogP contribution < -0.4 is 10.6 Å². The maximum Gasteiger partial charge on any atom is 0.309 e. The number of amides is 2. The molecule has 0 aliphatic carbocycles. The van der Waals surface area contributed by atoms with Crippen molar-refractivity contribution in [2.24, 2.45) is 0 Å². The fourth-order valence-corrected chi connectivity index (χ4v) is 0.641. The number of hydrogen-bond acceptors (Lipinski definition) is 4. The summed E-state index contributed by atoms with van der Waals surface area (Å²) in [6.45, 7) is 3.05. The first kappa shape index (κ1) is 12.9. The Morgan fingerprint density at radius 3 is 1.50 bits per heavy atom. The molecule has 0 fully saturated rings. The minimum Gasteiger partial charge on any atom is -0.392 e. The molecule has 0 rings (SSSR count). The molecule has 2 atom stereocenters. The quantitative estimate of drug-likeness (QED) is 0.397. The highest BCUT2D eigenvalue weighted by Crippen LogP contribution is 1.78. The van der Waals surface area contributed by atoms with Crippen LogP contribution in [0.4, 0.5) is 0 Å². The van der Waals surface area contributed by atoms with Crippen molar-refractivity contribution >= 4 is 11.8 Å². The standard InChI is InChI=1S/C8H16N2O4/c1-5(11)3-9-7(13)8(14)10-4-6(2)12/h5-6,11-12H,3-4H2,1-2H3,(H,9,13)(H,10,14)/t5-,6+. The summed E-state index contributed by atoms with van der Waals surface area (Å²) in [7, 11) is 0. The van der Waals surface area contributed by atoms with Crippen LogP contribution >= 0.6 is 0 Å². The zero-order valence-electron chi connectivity index (χ0n) is 8.28. The zero-order chi connectivity index (χ0) is 11.1. The van der Waals surface area contributed by atoms with Crippen LogP contribution in [-0.4, -0.2) is 47.3 Å². The first-order valence-electron chi connectivity index (χ1n) is 4.35. The number of hydrogen-bond donors (Lipinski definition) is 4. The van der Waals surface area contributed by atoms with E-state index in [1.807, 2.05) is 0 Å². The van der Waals surface area contributed by atoms with Gasteiger partial charge in [0, 0.05) is 13.1 Å². The summed E-state index contributed by atoms with van der Waals surface area (Å²) < 4.78 is 0. The lowest BCUT2D eigenvalue weighted by atomic mass is 10.4. The normalized spacial score (nSPS) is 14.3. The van der Waals surface area contributed by atoms with E-state index in [-0.39, 0.29) is 13.1 Å². The Balaban J connectivity index is 3.71. The fourth-order valence-electron chi connectivity index (χ4n) is 0.641. The summed E-state index contributed by atoms with van der Waals surface area (Å²) in [5.41, 5.74) is 0. The van der Waals surface area contributed by atoms with Crippen molar-refractivity contribution in [3.05, 3.63) is 0 Å². The number of rotatable bonds is 4. The molecule has 0 aromatic heterocycles. The number of aliphatic hydroxyl groups is 2. The Morgan fingerprint density at radius 2 is 1.29 bits per heavy atom. The summed E-state index contributed by atoms with van der Waals surface area (Å²) in [5, 5.41) is 22.1. The largest absolute Gasteiger partial charge is 0.392 e. The monoisotopic (exact) mass is 204 g/mol. The van der Waals surface area contributed by atoms with E-state index in [2.05, 4.69) is 10.6 Å². The molecular formula is C8H16N2O4. The van der Waals surface area contributed by atoms with Crippen molar-refractivity contribution in [3.8, 4) is 0 Å². The third-order valence-corrected chi connectivity index (χ3v) is 1.32. The molecule has 0 unspecified atom stereocenters. The molecule has 0 bridgehead atoms. The molecule has 6 nitrogen and oxygen atoms in total. The number of carbonyl (C=O) groups excluding carboxylic acids is 2. The topological polar surface area (TPSA) is 98.7 Å². The van der Waals surface area contributed by atoms with E-state index in [1.54, 1.807) is 0 Å². The smallest absolute Gasteiger partial charge is 0.309 e. The second-order valence-electron chi connectivity index (χ2n) is 3.12. The molecular weight excluding hydrogens is 188 g/mol. The fraction of sp³-hybridized carbons (Fsp3) is 0.750. The lowest BCUT2D eigenvalue weighted by Crippen LogP contribution is -2.44. The Kier molecular flexibility index (Phi) is 5.82. The van der Waals surface area contributed by atoms with E-state index in [1.165, 1.54) is 13.8 Å². The Hall–Kier alpha value is -1.14. The molecule has 0 aromatic carbocycles. The molecule has 0 aromatic rings. The van der Waals surface area contributed by atoms with Crippen LogP contribution in [0.1, 0.15) is 13.8 Å². The van der Waals surface area contributed by atoms with Crippen molar-refractivity contribution in [2.45, 2.75) is 26.1 Å². The van der Waals surface area contributed by atoms with Gasteiger partial charge in [0.25, 0.3) is 0 Å². The van der Waals surface area contributed by atoms with Crippen LogP contribution in [0.5, 0.6) is 0 Å². The van der Waals surface area contributed by atoms with E-state index >= 15 is 0 Å². The molecule has 0 heterocycles. The van der Waals surface area contributed by atoms with Crippen LogP contribution in [0.15, 0.2) is 0 Å². The van der Waals surface area contributed by atoms with Crippen molar-refractivity contribution in [1.82, 2.24) is 10.6 Å². The van der Waals surface area contributed by atoms with E-state index < -0.39 is 24.0 Å². The highest BCUT2D eigenvalue weighted by Gasteiger charge is 2.13. The SMILES string of the molecule is C[C@H](O)CNC(=O)C(=O)NC[C@@H](C)O. The third-order valence-electron chi connectivity index (χ3n) is 1.32. The Bertz CT molecular complexity index is 182. The van der Waals surface area contributed by atoms with Gasteiger partial charge < -0.3 is 20.8 Å². The van der Waals surface area contributed by atoms with Gasteiger partial charge in [-0.15, -0.1) is 0 Å². The van der Waals surface area contributed by atoms with Crippen LogP contribution in [0.25, 0.3) is 0 Å². The summed E-state index contributed by atoms with van der Waals surface area (Å²) in [4.78, 5) is 21.9. The van der Waals surface area contributed by atoms with Gasteiger partial charge in [-0.1, -0.05) is 0 Å². The first-order valence-corrected chi connectivity index (χ1v) is 4.35. The average molecular weight is 204 g/mol. The summed E-state index contributed by atoms with van der Waals surface area (Å²) in [6, 6.07) is 0. The minimum atomic E-state index is -0.813. The second-order valence-corrected chi connectivity index (χ2v) is 3.12. The molecule has 0 saturated heterocycles. The molecule has 0 radical (unpaired) electrons. The zero-order valence-corrected chi connectivity index (χ0v) is 8.28. The molecule has 4 N–H and O–H groups in total. The van der Waals surface area contributed by atoms with Gasteiger partial charge in [-0.25, -0.2) is 0 Å². The van der Waals surface area contributed by atoms with E-state index in [0.717, 1.165) is 0 Å². The molecule has 2 amide bonds. The molecule has 0 saturated carbocycles. The van der Waals surface area contributed by atoms with Gasteiger partial charge in [0.05, 0.1) is 12.2 Å². The lowest BCUT2D eigenvalue weighted by molar-refractivity contribution is -0.139. The van der Waals surface area contributed by atoms with Crippen LogP contribution in [-0.2, 0) is 9.59 Å². The highest BCUT2D eigenvalue weighted by atomic mass is 16.3. The lowest BCUT2D eigenvalue weighted by Gasteiger charge is -2.08. The molecule has 6 heteroatoms. The number of carbonyl (C=O) groups is 2. The first-order chi connectivity index (χ1) is 6.43. The van der Waals surface area contributed by atoms with Gasteiger partial charge in [-0.2, -0.15) is 0 Å². The van der Waals surface area contributed by atoms with Crippen molar-refractivity contribution < 1.29 is 19.8 Å². The molecule has 0 spiro atoms. The molecule has 0 aliphatic heterocycles. The van der Waals surface area contributed by atoms with Crippen molar-refractivity contribution in [3.63, 3.8) is 0 Å². The predicted molar refractivity (Wildman–Crippen MR) is 49.4 cm³/mol. The average Bonchev–Trinajstić information content (AvgIpc) is 2.09. The maximum absolute atomic E-state index is 10.9. The van der Waals surface area contributed by atoms with Crippen LogP contribution in [0.3, 0.4) is 0 Å². The Morgan fingerprint density at radius 1 is 1.00 bits per heavy atom.